The minimum atomic E-state index is -3.35. The molecule has 90 valence electrons. The van der Waals surface area contributed by atoms with Crippen LogP contribution in [0, 0.1) is 6.92 Å². The molecule has 0 aliphatic carbocycles. The fourth-order valence-electron chi connectivity index (χ4n) is 1.39. The van der Waals surface area contributed by atoms with E-state index in [1.54, 1.807) is 13.0 Å². The van der Waals surface area contributed by atoms with Crippen LogP contribution in [0.1, 0.15) is 5.56 Å². The Bertz CT molecular complexity index is 485. The molecule has 0 atom stereocenters. The molecule has 0 radical (unpaired) electrons. The number of nitrogens with two attached hydrogens (primary N) is 1. The van der Waals surface area contributed by atoms with Crippen LogP contribution in [-0.2, 0) is 9.84 Å². The smallest absolute Gasteiger partial charge is 0.179 e. The Balaban J connectivity index is 3.31. The van der Waals surface area contributed by atoms with E-state index in [1.807, 2.05) is 0 Å². The van der Waals surface area contributed by atoms with Gasteiger partial charge < -0.3 is 10.5 Å². The summed E-state index contributed by atoms with van der Waals surface area (Å²) < 4.78 is 28.7. The van der Waals surface area contributed by atoms with Gasteiger partial charge in [0.15, 0.2) is 9.84 Å². The van der Waals surface area contributed by atoms with Crippen molar-refractivity contribution in [1.82, 2.24) is 0 Å². The van der Waals surface area contributed by atoms with Gasteiger partial charge in [-0.3, -0.25) is 0 Å². The summed E-state index contributed by atoms with van der Waals surface area (Å²) in [7, 11) is -1.87. The number of benzene rings is 1. The Hall–Kier alpha value is -0.780. The third-order valence-electron chi connectivity index (χ3n) is 2.17. The highest BCUT2D eigenvalue weighted by Gasteiger charge is 2.18. The molecule has 0 saturated heterocycles. The second-order valence-electron chi connectivity index (χ2n) is 3.36. The van der Waals surface area contributed by atoms with E-state index in [4.69, 9.17) is 22.1 Å². The van der Waals surface area contributed by atoms with Crippen LogP contribution in [-0.4, -0.2) is 27.8 Å². The number of rotatable bonds is 4. The van der Waals surface area contributed by atoms with Gasteiger partial charge in [-0.2, -0.15) is 0 Å². The van der Waals surface area contributed by atoms with E-state index in [-0.39, 0.29) is 22.2 Å². The van der Waals surface area contributed by atoms with Crippen LogP contribution in [0.15, 0.2) is 17.0 Å². The average molecular weight is 264 g/mol. The number of hydrogen-bond acceptors (Lipinski definition) is 4. The van der Waals surface area contributed by atoms with Crippen LogP contribution in [0.25, 0.3) is 0 Å². The standard InChI is InChI=1S/C10H14ClNO3S/c1-7-5-9(15-2)8(11)6-10(7)16(13,14)4-3-12/h5-6H,3-4,12H2,1-2H3. The summed E-state index contributed by atoms with van der Waals surface area (Å²) in [4.78, 5) is 0.212. The first-order valence-corrected chi connectivity index (χ1v) is 6.72. The Morgan fingerprint density at radius 3 is 2.56 bits per heavy atom. The van der Waals surface area contributed by atoms with Gasteiger partial charge in [-0.25, -0.2) is 8.42 Å². The van der Waals surface area contributed by atoms with E-state index in [1.165, 1.54) is 13.2 Å². The van der Waals surface area contributed by atoms with Crippen molar-refractivity contribution in [3.63, 3.8) is 0 Å². The number of methoxy groups -OCH3 is 1. The van der Waals surface area contributed by atoms with Crippen molar-refractivity contribution >= 4 is 21.4 Å². The largest absolute Gasteiger partial charge is 0.495 e. The Morgan fingerprint density at radius 1 is 1.44 bits per heavy atom. The molecule has 0 unspecified atom stereocenters. The molecule has 0 aliphatic rings. The summed E-state index contributed by atoms with van der Waals surface area (Å²) in [6.45, 7) is 1.79. The molecule has 16 heavy (non-hydrogen) atoms. The highest BCUT2D eigenvalue weighted by molar-refractivity contribution is 7.91. The van der Waals surface area contributed by atoms with Crippen LogP contribution in [0.2, 0.25) is 5.02 Å². The molecule has 1 rings (SSSR count). The third-order valence-corrected chi connectivity index (χ3v) is 4.35. The van der Waals surface area contributed by atoms with Crippen molar-refractivity contribution in [2.75, 3.05) is 19.4 Å². The molecular weight excluding hydrogens is 250 g/mol. The van der Waals surface area contributed by atoms with E-state index < -0.39 is 9.84 Å². The fraction of sp³-hybridized carbons (Fsp3) is 0.400. The van der Waals surface area contributed by atoms with Crippen LogP contribution >= 0.6 is 11.6 Å². The summed E-state index contributed by atoms with van der Waals surface area (Å²) in [5.74, 6) is 0.377. The van der Waals surface area contributed by atoms with Gasteiger partial charge in [-0.15, -0.1) is 0 Å². The predicted molar refractivity (Wildman–Crippen MR) is 63.8 cm³/mol. The fourth-order valence-corrected chi connectivity index (χ4v) is 3.08. The van der Waals surface area contributed by atoms with Gasteiger partial charge in [0.1, 0.15) is 5.75 Å². The van der Waals surface area contributed by atoms with E-state index in [0.717, 1.165) is 0 Å². The van der Waals surface area contributed by atoms with Gasteiger partial charge in [-0.1, -0.05) is 11.6 Å². The molecule has 0 bridgehead atoms. The first-order chi connectivity index (χ1) is 7.42. The number of sulfone groups is 1. The molecular formula is C10H14ClNO3S. The summed E-state index contributed by atoms with van der Waals surface area (Å²) in [5, 5.41) is 0.281. The van der Waals surface area contributed by atoms with E-state index in [0.29, 0.717) is 11.3 Å². The van der Waals surface area contributed by atoms with Crippen molar-refractivity contribution in [2.24, 2.45) is 5.73 Å². The van der Waals surface area contributed by atoms with Crippen LogP contribution in [0.3, 0.4) is 0 Å². The quantitative estimate of drug-likeness (QED) is 0.891. The number of halogens is 1. The normalized spacial score (nSPS) is 11.5. The van der Waals surface area contributed by atoms with Crippen molar-refractivity contribution in [1.29, 1.82) is 0 Å². The highest BCUT2D eigenvalue weighted by Crippen LogP contribution is 2.30. The molecule has 4 nitrogen and oxygen atoms in total. The summed E-state index contributed by atoms with van der Waals surface area (Å²) in [6, 6.07) is 3.01. The molecule has 0 amide bonds. The topological polar surface area (TPSA) is 69.4 Å². The minimum absolute atomic E-state index is 0.0868. The van der Waals surface area contributed by atoms with Gasteiger partial charge in [0, 0.05) is 6.54 Å². The Morgan fingerprint density at radius 2 is 2.06 bits per heavy atom. The third kappa shape index (κ3) is 2.66. The van der Waals surface area contributed by atoms with Gasteiger partial charge in [0.05, 0.1) is 22.8 Å². The molecule has 0 aromatic heterocycles. The number of hydrogen-bond donors (Lipinski definition) is 1. The highest BCUT2D eigenvalue weighted by atomic mass is 35.5. The lowest BCUT2D eigenvalue weighted by Crippen LogP contribution is -2.16. The molecule has 0 aliphatic heterocycles. The first-order valence-electron chi connectivity index (χ1n) is 4.69. The Kier molecular flexibility index (Phi) is 4.18. The SMILES string of the molecule is COc1cc(C)c(S(=O)(=O)CCN)cc1Cl. The minimum Gasteiger partial charge on any atom is -0.495 e. The van der Waals surface area contributed by atoms with Crippen LogP contribution in [0.5, 0.6) is 5.75 Å². The molecule has 1 aromatic rings. The van der Waals surface area contributed by atoms with Crippen molar-refractivity contribution in [3.8, 4) is 5.75 Å². The van der Waals surface area contributed by atoms with E-state index in [9.17, 15) is 8.42 Å². The molecule has 0 saturated carbocycles. The van der Waals surface area contributed by atoms with Gasteiger partial charge in [0.2, 0.25) is 0 Å². The maximum atomic E-state index is 11.8. The molecule has 0 spiro atoms. The lowest BCUT2D eigenvalue weighted by Gasteiger charge is -2.10. The predicted octanol–water partition coefficient (Wildman–Crippen LogP) is 1.39. The first kappa shape index (κ1) is 13.3. The maximum Gasteiger partial charge on any atom is 0.179 e. The van der Waals surface area contributed by atoms with E-state index in [2.05, 4.69) is 0 Å². The summed E-state index contributed by atoms with van der Waals surface area (Å²) in [5.41, 5.74) is 5.87. The summed E-state index contributed by atoms with van der Waals surface area (Å²) in [6.07, 6.45) is 0. The van der Waals surface area contributed by atoms with Crippen LogP contribution in [0.4, 0.5) is 0 Å². The zero-order valence-electron chi connectivity index (χ0n) is 9.16. The van der Waals surface area contributed by atoms with Crippen molar-refractivity contribution < 1.29 is 13.2 Å². The van der Waals surface area contributed by atoms with Gasteiger partial charge in [0.25, 0.3) is 0 Å². The Labute approximate surface area is 100 Å². The number of aryl methyl sites for hydroxylation is 1. The van der Waals surface area contributed by atoms with Crippen molar-refractivity contribution in [3.05, 3.63) is 22.7 Å². The summed E-state index contributed by atoms with van der Waals surface area (Å²) >= 11 is 5.89. The molecule has 2 N–H and O–H groups in total. The zero-order valence-corrected chi connectivity index (χ0v) is 10.7. The second-order valence-corrected chi connectivity index (χ2v) is 5.84. The average Bonchev–Trinajstić information content (AvgIpc) is 2.20. The molecule has 0 fully saturated rings. The lowest BCUT2D eigenvalue weighted by molar-refractivity contribution is 0.414. The molecule has 1 aromatic carbocycles. The lowest BCUT2D eigenvalue weighted by atomic mass is 10.2. The van der Waals surface area contributed by atoms with E-state index >= 15 is 0 Å². The van der Waals surface area contributed by atoms with Gasteiger partial charge >= 0.3 is 0 Å². The maximum absolute atomic E-state index is 11.8. The molecule has 0 heterocycles. The van der Waals surface area contributed by atoms with Crippen molar-refractivity contribution in [2.45, 2.75) is 11.8 Å². The molecule has 6 heteroatoms. The van der Waals surface area contributed by atoms with Gasteiger partial charge in [-0.05, 0) is 24.6 Å². The van der Waals surface area contributed by atoms with Crippen LogP contribution < -0.4 is 10.5 Å². The zero-order chi connectivity index (χ0) is 12.3. The monoisotopic (exact) mass is 263 g/mol. The number of ether oxygens (including phenoxy) is 1. The second kappa shape index (κ2) is 5.03.